The maximum absolute atomic E-state index is 13.9. The lowest BCUT2D eigenvalue weighted by Gasteiger charge is -2.30. The Hall–Kier alpha value is -2.86. The number of nitrogens with two attached hydrogens (primary N) is 1. The topological polar surface area (TPSA) is 153 Å². The van der Waals surface area contributed by atoms with Gasteiger partial charge in [-0.1, -0.05) is 12.1 Å². The molecule has 2 aliphatic heterocycles. The number of methoxy groups -OCH3 is 1. The maximum atomic E-state index is 13.9. The molecule has 1 aromatic rings. The second-order valence-electron chi connectivity index (χ2n) is 12.6. The van der Waals surface area contributed by atoms with Crippen LogP contribution in [0.1, 0.15) is 57.9 Å². The van der Waals surface area contributed by atoms with Gasteiger partial charge in [0.15, 0.2) is 11.6 Å². The molecule has 1 saturated carbocycles. The molecule has 4 rings (SSSR count). The van der Waals surface area contributed by atoms with Gasteiger partial charge in [0.2, 0.25) is 11.8 Å². The molecule has 2 saturated heterocycles. The van der Waals surface area contributed by atoms with E-state index in [1.54, 1.807) is 21.0 Å². The average molecular weight is 601 g/mol. The van der Waals surface area contributed by atoms with Crippen LogP contribution in [0.4, 0.5) is 0 Å². The van der Waals surface area contributed by atoms with E-state index in [0.717, 1.165) is 31.2 Å². The monoisotopic (exact) mass is 600 g/mol. The lowest BCUT2D eigenvalue weighted by Crippen LogP contribution is -2.50. The molecule has 0 radical (unpaired) electrons. The number of benzene rings is 1. The van der Waals surface area contributed by atoms with E-state index in [9.17, 15) is 19.2 Å². The summed E-state index contributed by atoms with van der Waals surface area (Å²) in [6.07, 6.45) is 4.36. The highest BCUT2D eigenvalue weighted by atomic mass is 16.6. The van der Waals surface area contributed by atoms with E-state index in [-0.39, 0.29) is 48.3 Å². The molecule has 1 aromatic carbocycles. The summed E-state index contributed by atoms with van der Waals surface area (Å²) in [6.45, 7) is 6.41. The van der Waals surface area contributed by atoms with Crippen molar-refractivity contribution in [1.29, 1.82) is 0 Å². The van der Waals surface area contributed by atoms with Gasteiger partial charge < -0.3 is 30.6 Å². The summed E-state index contributed by atoms with van der Waals surface area (Å²) in [5, 5.41) is 5.82. The number of ether oxygens (including phenoxy) is 3. The largest absolute Gasteiger partial charge is 0.497 e. The SMILES string of the molecule is COc1ccc(CC(CC(=O)C(C)NC(=O)CN2CCOCC2)C(=O)NC(CC2CCC(N)CC2)C(=O)C2(C)CO2)cc1. The zero-order valence-electron chi connectivity index (χ0n) is 25.8. The molecule has 3 fully saturated rings. The molecular formula is C32H48N4O7. The molecule has 4 atom stereocenters. The molecule has 3 aliphatic rings. The van der Waals surface area contributed by atoms with Crippen LogP contribution in [-0.2, 0) is 35.1 Å². The first kappa shape index (κ1) is 33.0. The van der Waals surface area contributed by atoms with E-state index in [4.69, 9.17) is 19.9 Å². The van der Waals surface area contributed by atoms with Crippen LogP contribution in [0, 0.1) is 11.8 Å². The fraction of sp³-hybridized carbons (Fsp3) is 0.688. The van der Waals surface area contributed by atoms with Gasteiger partial charge in [-0.15, -0.1) is 0 Å². The summed E-state index contributed by atoms with van der Waals surface area (Å²) < 4.78 is 16.1. The highest BCUT2D eigenvalue weighted by Crippen LogP contribution is 2.33. The summed E-state index contributed by atoms with van der Waals surface area (Å²) in [6, 6.07) is 6.06. The number of hydrogen-bond donors (Lipinski definition) is 3. The van der Waals surface area contributed by atoms with E-state index < -0.39 is 23.6 Å². The summed E-state index contributed by atoms with van der Waals surface area (Å²) in [5.41, 5.74) is 6.07. The number of morpholine rings is 1. The van der Waals surface area contributed by atoms with Crippen LogP contribution in [0.15, 0.2) is 24.3 Å². The number of ketones is 2. The molecular weight excluding hydrogens is 552 g/mol. The summed E-state index contributed by atoms with van der Waals surface area (Å²) in [4.78, 5) is 55.3. The van der Waals surface area contributed by atoms with E-state index in [1.807, 2.05) is 29.2 Å². The Balaban J connectivity index is 1.44. The average Bonchev–Trinajstić information content (AvgIpc) is 3.76. The van der Waals surface area contributed by atoms with Crippen molar-refractivity contribution in [1.82, 2.24) is 15.5 Å². The van der Waals surface area contributed by atoms with Gasteiger partial charge in [0.25, 0.3) is 0 Å². The Kier molecular flexibility index (Phi) is 11.7. The Labute approximate surface area is 254 Å². The number of carbonyl (C=O) groups excluding carboxylic acids is 4. The van der Waals surface area contributed by atoms with Crippen LogP contribution in [0.2, 0.25) is 0 Å². The van der Waals surface area contributed by atoms with Crippen LogP contribution in [-0.4, -0.2) is 98.6 Å². The molecule has 2 heterocycles. The van der Waals surface area contributed by atoms with Crippen molar-refractivity contribution in [3.8, 4) is 5.75 Å². The van der Waals surface area contributed by atoms with Gasteiger partial charge in [0.1, 0.15) is 11.4 Å². The first-order valence-corrected chi connectivity index (χ1v) is 15.6. The predicted octanol–water partition coefficient (Wildman–Crippen LogP) is 1.40. The van der Waals surface area contributed by atoms with Crippen LogP contribution in [0.3, 0.4) is 0 Å². The Morgan fingerprint density at radius 1 is 1.07 bits per heavy atom. The number of rotatable bonds is 15. The van der Waals surface area contributed by atoms with Crippen molar-refractivity contribution in [2.45, 2.75) is 82.5 Å². The zero-order chi connectivity index (χ0) is 31.0. The molecule has 4 N–H and O–H groups in total. The Morgan fingerprint density at radius 3 is 2.33 bits per heavy atom. The van der Waals surface area contributed by atoms with Crippen molar-refractivity contribution < 1.29 is 33.4 Å². The third-order valence-corrected chi connectivity index (χ3v) is 8.98. The molecule has 2 amide bonds. The van der Waals surface area contributed by atoms with Crippen molar-refractivity contribution in [3.63, 3.8) is 0 Å². The van der Waals surface area contributed by atoms with Gasteiger partial charge in [0, 0.05) is 31.5 Å². The summed E-state index contributed by atoms with van der Waals surface area (Å²) >= 11 is 0. The second kappa shape index (κ2) is 15.2. The van der Waals surface area contributed by atoms with Crippen molar-refractivity contribution in [2.24, 2.45) is 17.6 Å². The number of carbonyl (C=O) groups is 4. The molecule has 0 aromatic heterocycles. The lowest BCUT2D eigenvalue weighted by atomic mass is 9.80. The minimum Gasteiger partial charge on any atom is -0.497 e. The lowest BCUT2D eigenvalue weighted by molar-refractivity contribution is -0.135. The molecule has 1 aliphatic carbocycles. The normalized spacial score (nSPS) is 26.0. The zero-order valence-corrected chi connectivity index (χ0v) is 25.8. The van der Waals surface area contributed by atoms with Crippen molar-refractivity contribution in [3.05, 3.63) is 29.8 Å². The van der Waals surface area contributed by atoms with Crippen LogP contribution in [0.5, 0.6) is 5.75 Å². The first-order chi connectivity index (χ1) is 20.6. The molecule has 0 bridgehead atoms. The Morgan fingerprint density at radius 2 is 1.72 bits per heavy atom. The molecule has 43 heavy (non-hydrogen) atoms. The smallest absolute Gasteiger partial charge is 0.234 e. The number of hydrogen-bond acceptors (Lipinski definition) is 9. The van der Waals surface area contributed by atoms with Gasteiger partial charge in [-0.05, 0) is 76.0 Å². The number of nitrogens with one attached hydrogen (secondary N) is 2. The minimum atomic E-state index is -0.885. The third-order valence-electron chi connectivity index (χ3n) is 8.98. The van der Waals surface area contributed by atoms with Gasteiger partial charge >= 0.3 is 0 Å². The first-order valence-electron chi connectivity index (χ1n) is 15.6. The predicted molar refractivity (Wildman–Crippen MR) is 161 cm³/mol. The van der Waals surface area contributed by atoms with E-state index >= 15 is 0 Å². The van der Waals surface area contributed by atoms with E-state index in [0.29, 0.717) is 51.5 Å². The summed E-state index contributed by atoms with van der Waals surface area (Å²) in [5.74, 6) is -0.740. The van der Waals surface area contributed by atoms with Crippen LogP contribution in [0.25, 0.3) is 0 Å². The highest BCUT2D eigenvalue weighted by molar-refractivity contribution is 5.98. The number of Topliss-reactive ketones (excluding diaryl/α,β-unsaturated/α-hetero) is 2. The van der Waals surface area contributed by atoms with Gasteiger partial charge in [-0.2, -0.15) is 0 Å². The summed E-state index contributed by atoms with van der Waals surface area (Å²) in [7, 11) is 1.58. The maximum Gasteiger partial charge on any atom is 0.234 e. The minimum absolute atomic E-state index is 0.0795. The van der Waals surface area contributed by atoms with E-state index in [1.165, 1.54) is 0 Å². The molecule has 11 nitrogen and oxygen atoms in total. The van der Waals surface area contributed by atoms with Gasteiger partial charge in [-0.25, -0.2) is 0 Å². The quantitative estimate of drug-likeness (QED) is 0.254. The number of amides is 2. The second-order valence-corrected chi connectivity index (χ2v) is 12.6. The number of nitrogens with zero attached hydrogens (tertiary/aromatic N) is 1. The van der Waals surface area contributed by atoms with Crippen LogP contribution < -0.4 is 21.1 Å². The molecule has 4 unspecified atom stereocenters. The highest BCUT2D eigenvalue weighted by Gasteiger charge is 2.50. The fourth-order valence-electron chi connectivity index (χ4n) is 5.95. The van der Waals surface area contributed by atoms with Gasteiger partial charge in [0.05, 0.1) is 45.6 Å². The fourth-order valence-corrected chi connectivity index (χ4v) is 5.95. The Bertz CT molecular complexity index is 1110. The van der Waals surface area contributed by atoms with Crippen LogP contribution >= 0.6 is 0 Å². The third kappa shape index (κ3) is 9.82. The van der Waals surface area contributed by atoms with E-state index in [2.05, 4.69) is 10.6 Å². The molecule has 238 valence electrons. The number of epoxide rings is 1. The van der Waals surface area contributed by atoms with Gasteiger partial charge in [-0.3, -0.25) is 24.1 Å². The molecule has 11 heteroatoms. The standard InChI is InChI=1S/C32H48N4O7/c1-21(34-29(38)19-36-12-14-42-15-13-36)28(37)18-24(16-22-6-10-26(41-3)11-7-22)31(40)35-27(30(39)32(2)20-43-32)17-23-4-8-25(33)9-5-23/h6-7,10-11,21,23-25,27H,4-5,8-9,12-20,33H2,1-3H3,(H,34,38)(H,35,40). The van der Waals surface area contributed by atoms with Crippen molar-refractivity contribution in [2.75, 3.05) is 46.6 Å². The van der Waals surface area contributed by atoms with Crippen molar-refractivity contribution >= 4 is 23.4 Å². The molecule has 0 spiro atoms.